The Morgan fingerprint density at radius 3 is 2.72 bits per heavy atom. The fraction of sp³-hybridized carbons (Fsp3) is 0.533. The van der Waals surface area contributed by atoms with E-state index in [1.54, 1.807) is 0 Å². The van der Waals surface area contributed by atoms with Crippen LogP contribution in [0.15, 0.2) is 6.07 Å². The summed E-state index contributed by atoms with van der Waals surface area (Å²) in [6, 6.07) is 2.30. The van der Waals surface area contributed by atoms with Gasteiger partial charge in [0.25, 0.3) is 0 Å². The van der Waals surface area contributed by atoms with E-state index in [0.717, 1.165) is 24.9 Å². The smallest absolute Gasteiger partial charge is 0.224 e. The molecule has 0 aromatic heterocycles. The lowest BCUT2D eigenvalue weighted by molar-refractivity contribution is -0.116. The van der Waals surface area contributed by atoms with Gasteiger partial charge in [0, 0.05) is 18.2 Å². The fourth-order valence-corrected chi connectivity index (χ4v) is 2.69. The Labute approximate surface area is 109 Å². The second-order valence-electron chi connectivity index (χ2n) is 5.19. The van der Waals surface area contributed by atoms with Crippen LogP contribution in [-0.4, -0.2) is 5.91 Å². The van der Waals surface area contributed by atoms with Gasteiger partial charge in [-0.05, 0) is 48.9 Å². The number of benzene rings is 1. The highest BCUT2D eigenvalue weighted by molar-refractivity contribution is 5.95. The molecule has 0 bridgehead atoms. The van der Waals surface area contributed by atoms with Crippen molar-refractivity contribution < 1.29 is 4.79 Å². The van der Waals surface area contributed by atoms with Crippen LogP contribution in [0.25, 0.3) is 0 Å². The van der Waals surface area contributed by atoms with E-state index < -0.39 is 0 Å². The third-order valence-electron chi connectivity index (χ3n) is 3.91. The highest BCUT2D eigenvalue weighted by Crippen LogP contribution is 2.33. The Kier molecular flexibility index (Phi) is 3.71. The van der Waals surface area contributed by atoms with Crippen LogP contribution in [0, 0.1) is 13.8 Å². The summed E-state index contributed by atoms with van der Waals surface area (Å²) in [6.07, 6.45) is 3.50. The summed E-state index contributed by atoms with van der Waals surface area (Å²) >= 11 is 0. The molecule has 0 spiro atoms. The van der Waals surface area contributed by atoms with Crippen LogP contribution in [0.5, 0.6) is 0 Å². The van der Waals surface area contributed by atoms with Crippen molar-refractivity contribution in [3.63, 3.8) is 0 Å². The Balaban J connectivity index is 2.46. The van der Waals surface area contributed by atoms with Crippen LogP contribution in [0.3, 0.4) is 0 Å². The first kappa shape index (κ1) is 13.1. The number of amides is 1. The number of rotatable bonds is 3. The molecular weight excluding hydrogens is 224 g/mol. The SMILES string of the molecule is CCCC(N)c1cc2c(c(C)c1C)NC(=O)CC2. The predicted molar refractivity (Wildman–Crippen MR) is 74.7 cm³/mol. The second-order valence-corrected chi connectivity index (χ2v) is 5.19. The van der Waals surface area contributed by atoms with Gasteiger partial charge < -0.3 is 11.1 Å². The van der Waals surface area contributed by atoms with Gasteiger partial charge in [-0.15, -0.1) is 0 Å². The third kappa shape index (κ3) is 2.27. The van der Waals surface area contributed by atoms with Gasteiger partial charge in [0.1, 0.15) is 0 Å². The average Bonchev–Trinajstić information content (AvgIpc) is 2.34. The van der Waals surface area contributed by atoms with Crippen molar-refractivity contribution in [1.29, 1.82) is 0 Å². The molecule has 2 rings (SSSR count). The van der Waals surface area contributed by atoms with E-state index in [1.807, 2.05) is 0 Å². The first-order chi connectivity index (χ1) is 8.54. The molecule has 3 heteroatoms. The first-order valence-corrected chi connectivity index (χ1v) is 6.73. The molecule has 18 heavy (non-hydrogen) atoms. The molecule has 1 unspecified atom stereocenters. The number of hydrogen-bond donors (Lipinski definition) is 2. The van der Waals surface area contributed by atoms with Crippen molar-refractivity contribution in [3.05, 3.63) is 28.3 Å². The van der Waals surface area contributed by atoms with E-state index >= 15 is 0 Å². The molecule has 1 atom stereocenters. The molecule has 0 fully saturated rings. The van der Waals surface area contributed by atoms with Crippen LogP contribution in [0.2, 0.25) is 0 Å². The van der Waals surface area contributed by atoms with E-state index in [1.165, 1.54) is 22.3 Å². The molecule has 1 aromatic carbocycles. The highest BCUT2D eigenvalue weighted by Gasteiger charge is 2.21. The Bertz CT molecular complexity index is 480. The normalized spacial score (nSPS) is 16.1. The van der Waals surface area contributed by atoms with Crippen molar-refractivity contribution in [2.45, 2.75) is 52.5 Å². The van der Waals surface area contributed by atoms with Crippen molar-refractivity contribution >= 4 is 11.6 Å². The Morgan fingerprint density at radius 2 is 2.06 bits per heavy atom. The van der Waals surface area contributed by atoms with Gasteiger partial charge in [-0.3, -0.25) is 4.79 Å². The summed E-state index contributed by atoms with van der Waals surface area (Å²) in [5.74, 6) is 0.121. The minimum atomic E-state index is 0.108. The zero-order valence-electron chi connectivity index (χ0n) is 11.5. The van der Waals surface area contributed by atoms with E-state index in [0.29, 0.717) is 6.42 Å². The van der Waals surface area contributed by atoms with E-state index in [4.69, 9.17) is 5.73 Å². The summed E-state index contributed by atoms with van der Waals surface area (Å²) in [6.45, 7) is 6.32. The Morgan fingerprint density at radius 1 is 1.33 bits per heavy atom. The lowest BCUT2D eigenvalue weighted by Crippen LogP contribution is -2.22. The summed E-state index contributed by atoms with van der Waals surface area (Å²) < 4.78 is 0. The van der Waals surface area contributed by atoms with E-state index in [2.05, 4.69) is 32.2 Å². The average molecular weight is 246 g/mol. The lowest BCUT2D eigenvalue weighted by atomic mass is 9.88. The predicted octanol–water partition coefficient (Wildman–Crippen LogP) is 2.99. The van der Waals surface area contributed by atoms with Crippen LogP contribution < -0.4 is 11.1 Å². The largest absolute Gasteiger partial charge is 0.326 e. The minimum Gasteiger partial charge on any atom is -0.326 e. The lowest BCUT2D eigenvalue weighted by Gasteiger charge is -2.24. The van der Waals surface area contributed by atoms with Gasteiger partial charge in [0.05, 0.1) is 0 Å². The molecule has 98 valence electrons. The van der Waals surface area contributed by atoms with Gasteiger partial charge in [-0.1, -0.05) is 19.4 Å². The molecule has 0 saturated heterocycles. The maximum Gasteiger partial charge on any atom is 0.224 e. The maximum atomic E-state index is 11.5. The number of fused-ring (bicyclic) bond motifs is 1. The van der Waals surface area contributed by atoms with Gasteiger partial charge >= 0.3 is 0 Å². The molecule has 3 N–H and O–H groups in total. The van der Waals surface area contributed by atoms with Crippen LogP contribution in [-0.2, 0) is 11.2 Å². The molecule has 0 saturated carbocycles. The standard InChI is InChI=1S/C15H22N2O/c1-4-5-13(16)12-8-11-6-7-14(18)17-15(11)10(3)9(12)2/h8,13H,4-7,16H2,1-3H3,(H,17,18). The van der Waals surface area contributed by atoms with Crippen molar-refractivity contribution in [1.82, 2.24) is 0 Å². The molecule has 1 aromatic rings. The summed E-state index contributed by atoms with van der Waals surface area (Å²) in [5, 5.41) is 2.99. The number of carbonyl (C=O) groups excluding carboxylic acids is 1. The second kappa shape index (κ2) is 5.11. The van der Waals surface area contributed by atoms with E-state index in [9.17, 15) is 4.79 Å². The molecule has 3 nitrogen and oxygen atoms in total. The number of aryl methyl sites for hydroxylation is 1. The number of hydrogen-bond acceptors (Lipinski definition) is 2. The molecule has 0 aliphatic carbocycles. The van der Waals surface area contributed by atoms with Crippen molar-refractivity contribution in [2.75, 3.05) is 5.32 Å². The van der Waals surface area contributed by atoms with Crippen LogP contribution >= 0.6 is 0 Å². The molecule has 0 radical (unpaired) electrons. The molecule has 1 amide bonds. The summed E-state index contributed by atoms with van der Waals surface area (Å²) in [7, 11) is 0. The topological polar surface area (TPSA) is 55.1 Å². The van der Waals surface area contributed by atoms with Crippen LogP contribution in [0.1, 0.15) is 54.5 Å². The zero-order chi connectivity index (χ0) is 13.3. The number of nitrogens with one attached hydrogen (secondary N) is 1. The number of carbonyl (C=O) groups is 1. The highest BCUT2D eigenvalue weighted by atomic mass is 16.1. The number of nitrogens with two attached hydrogens (primary N) is 1. The molecular formula is C15H22N2O. The first-order valence-electron chi connectivity index (χ1n) is 6.73. The summed E-state index contributed by atoms with van der Waals surface area (Å²) in [5.41, 5.74) is 12.1. The molecule has 1 aliphatic heterocycles. The fourth-order valence-electron chi connectivity index (χ4n) is 2.69. The Hall–Kier alpha value is -1.35. The van der Waals surface area contributed by atoms with Crippen molar-refractivity contribution in [3.8, 4) is 0 Å². The monoisotopic (exact) mass is 246 g/mol. The van der Waals surface area contributed by atoms with Crippen molar-refractivity contribution in [2.24, 2.45) is 5.73 Å². The van der Waals surface area contributed by atoms with E-state index in [-0.39, 0.29) is 11.9 Å². The van der Waals surface area contributed by atoms with Gasteiger partial charge in [-0.2, -0.15) is 0 Å². The zero-order valence-corrected chi connectivity index (χ0v) is 11.5. The quantitative estimate of drug-likeness (QED) is 0.861. The van der Waals surface area contributed by atoms with Crippen LogP contribution in [0.4, 0.5) is 5.69 Å². The van der Waals surface area contributed by atoms with Gasteiger partial charge in [0.2, 0.25) is 5.91 Å². The molecule has 1 aliphatic rings. The summed E-state index contributed by atoms with van der Waals surface area (Å²) in [4.78, 5) is 11.5. The van der Waals surface area contributed by atoms with Gasteiger partial charge in [-0.25, -0.2) is 0 Å². The maximum absolute atomic E-state index is 11.5. The minimum absolute atomic E-state index is 0.108. The molecule has 1 heterocycles. The number of anilines is 1. The van der Waals surface area contributed by atoms with Gasteiger partial charge in [0.15, 0.2) is 0 Å². The third-order valence-corrected chi connectivity index (χ3v) is 3.91.